The first kappa shape index (κ1) is 32.9. The van der Waals surface area contributed by atoms with E-state index >= 15 is 0 Å². The van der Waals surface area contributed by atoms with Gasteiger partial charge in [-0.05, 0) is 46.9 Å². The van der Waals surface area contributed by atoms with Crippen molar-refractivity contribution in [3.05, 3.63) is 174 Å². The van der Waals surface area contributed by atoms with Crippen LogP contribution in [0.5, 0.6) is 0 Å². The number of carbonyl (C=O) groups excluding carboxylic acids is 2. The first-order valence-electron chi connectivity index (χ1n) is 16.1. The van der Waals surface area contributed by atoms with E-state index in [4.69, 9.17) is 0 Å². The van der Waals surface area contributed by atoms with Gasteiger partial charge in [-0.1, -0.05) is 115 Å². The van der Waals surface area contributed by atoms with Crippen molar-refractivity contribution in [3.63, 3.8) is 0 Å². The lowest BCUT2D eigenvalue weighted by Crippen LogP contribution is -2.54. The normalized spacial score (nSPS) is 12.6. The second-order valence-electron chi connectivity index (χ2n) is 11.8. The minimum absolute atomic E-state index is 0.278. The van der Waals surface area contributed by atoms with Crippen LogP contribution in [0.3, 0.4) is 0 Å². The number of carbonyl (C=O) groups is 3. The molecule has 0 radical (unpaired) electrons. The Morgan fingerprint density at radius 1 is 0.714 bits per heavy atom. The molecule has 6 rings (SSSR count). The van der Waals surface area contributed by atoms with Crippen molar-refractivity contribution < 1.29 is 19.5 Å². The maximum absolute atomic E-state index is 14.0. The number of aromatic nitrogens is 2. The molecule has 49 heavy (non-hydrogen) atoms. The molecule has 0 unspecified atom stereocenters. The largest absolute Gasteiger partial charge is 0.480 e. The molecule has 0 aliphatic heterocycles. The SMILES string of the molecule is O=C(C[C@H](NC(=O)[C@H](Cc1c[nH]c2ccccc12)NCc1ccccn1)C(=O)O)NC(c1ccccc1)(c1ccccc1)c1ccccc1. The zero-order valence-electron chi connectivity index (χ0n) is 26.8. The van der Waals surface area contributed by atoms with Gasteiger partial charge in [0, 0.05) is 29.8 Å². The van der Waals surface area contributed by atoms with Gasteiger partial charge in [-0.15, -0.1) is 0 Å². The monoisotopic (exact) mass is 651 g/mol. The summed E-state index contributed by atoms with van der Waals surface area (Å²) in [5.41, 5.74) is 3.83. The van der Waals surface area contributed by atoms with Gasteiger partial charge in [-0.2, -0.15) is 0 Å². The number of carboxylic acid groups (broad SMARTS) is 1. The van der Waals surface area contributed by atoms with Gasteiger partial charge in [0.15, 0.2) is 0 Å². The summed E-state index contributed by atoms with van der Waals surface area (Å²) < 4.78 is 0. The number of benzene rings is 4. The van der Waals surface area contributed by atoms with Crippen molar-refractivity contribution in [1.29, 1.82) is 0 Å². The number of fused-ring (bicyclic) bond motifs is 1. The quantitative estimate of drug-likeness (QED) is 0.101. The van der Waals surface area contributed by atoms with Crippen molar-refractivity contribution in [1.82, 2.24) is 25.9 Å². The van der Waals surface area contributed by atoms with Gasteiger partial charge in [0.1, 0.15) is 11.6 Å². The van der Waals surface area contributed by atoms with E-state index in [-0.39, 0.29) is 13.0 Å². The average molecular weight is 652 g/mol. The number of nitrogens with one attached hydrogen (secondary N) is 4. The average Bonchev–Trinajstić information content (AvgIpc) is 3.56. The Hall–Kier alpha value is -6.06. The number of para-hydroxylation sites is 1. The highest BCUT2D eigenvalue weighted by Gasteiger charge is 2.39. The highest BCUT2D eigenvalue weighted by molar-refractivity contribution is 5.92. The molecule has 0 spiro atoms. The van der Waals surface area contributed by atoms with Crippen molar-refractivity contribution >= 4 is 28.7 Å². The third kappa shape index (κ3) is 7.58. The van der Waals surface area contributed by atoms with E-state index in [0.29, 0.717) is 0 Å². The van der Waals surface area contributed by atoms with Crippen molar-refractivity contribution in [2.24, 2.45) is 0 Å². The number of pyridine rings is 1. The van der Waals surface area contributed by atoms with Crippen LogP contribution in [-0.4, -0.2) is 44.9 Å². The maximum Gasteiger partial charge on any atom is 0.326 e. The third-order valence-electron chi connectivity index (χ3n) is 8.62. The lowest BCUT2D eigenvalue weighted by Gasteiger charge is -2.37. The minimum Gasteiger partial charge on any atom is -0.480 e. The molecular formula is C40H37N5O4. The predicted octanol–water partition coefficient (Wildman–Crippen LogP) is 5.33. The highest BCUT2D eigenvalue weighted by atomic mass is 16.4. The lowest BCUT2D eigenvalue weighted by molar-refractivity contribution is -0.144. The Morgan fingerprint density at radius 2 is 1.29 bits per heavy atom. The summed E-state index contributed by atoms with van der Waals surface area (Å²) in [4.78, 5) is 48.1. The molecule has 9 nitrogen and oxygen atoms in total. The lowest BCUT2D eigenvalue weighted by atomic mass is 9.77. The summed E-state index contributed by atoms with van der Waals surface area (Å²) in [6, 6.07) is 39.6. The standard InChI is InChI=1S/C40H37N5O4/c46-37(45-40(29-14-4-1-5-15-29,30-16-6-2-7-17-30)31-18-8-3-9-19-31)25-36(39(48)49)44-38(47)35(43-27-32-20-12-13-23-41-32)24-28-26-42-34-22-11-10-21-33(28)34/h1-23,26,35-36,42-43H,24-25,27H2,(H,44,47)(H,45,46)(H,48,49)/t35-,36-/m0/s1. The van der Waals surface area contributed by atoms with Crippen LogP contribution in [0.2, 0.25) is 0 Å². The van der Waals surface area contributed by atoms with Crippen LogP contribution in [0, 0.1) is 0 Å². The number of hydrogen-bond acceptors (Lipinski definition) is 5. The summed E-state index contributed by atoms with van der Waals surface area (Å²) in [5, 5.41) is 20.3. The topological polar surface area (TPSA) is 136 Å². The van der Waals surface area contributed by atoms with Crippen molar-refractivity contribution in [3.8, 4) is 0 Å². The molecule has 6 aromatic rings. The Bertz CT molecular complexity index is 1900. The zero-order valence-corrected chi connectivity index (χ0v) is 26.8. The molecule has 2 amide bonds. The van der Waals surface area contributed by atoms with E-state index in [1.165, 1.54) is 0 Å². The molecule has 4 aromatic carbocycles. The van der Waals surface area contributed by atoms with E-state index in [1.54, 1.807) is 6.20 Å². The number of H-pyrrole nitrogens is 1. The summed E-state index contributed by atoms with van der Waals surface area (Å²) in [6.45, 7) is 0.285. The van der Waals surface area contributed by atoms with Gasteiger partial charge in [-0.25, -0.2) is 4.79 Å². The van der Waals surface area contributed by atoms with E-state index in [1.807, 2.05) is 140 Å². The van der Waals surface area contributed by atoms with Gasteiger partial charge in [0.25, 0.3) is 0 Å². The van der Waals surface area contributed by atoms with E-state index in [2.05, 4.69) is 25.9 Å². The Balaban J connectivity index is 1.26. The summed E-state index contributed by atoms with van der Waals surface area (Å²) >= 11 is 0. The molecule has 0 bridgehead atoms. The van der Waals surface area contributed by atoms with Gasteiger partial charge in [0.05, 0.1) is 18.2 Å². The number of amides is 2. The van der Waals surface area contributed by atoms with Gasteiger partial charge in [0.2, 0.25) is 11.8 Å². The van der Waals surface area contributed by atoms with Crippen LogP contribution in [0.4, 0.5) is 0 Å². The second kappa shape index (κ2) is 15.2. The molecule has 2 heterocycles. The van der Waals surface area contributed by atoms with Crippen molar-refractivity contribution in [2.45, 2.75) is 37.0 Å². The van der Waals surface area contributed by atoms with Crippen molar-refractivity contribution in [2.75, 3.05) is 0 Å². The maximum atomic E-state index is 14.0. The zero-order chi connectivity index (χ0) is 34.1. The van der Waals surface area contributed by atoms with Crippen LogP contribution in [0.15, 0.2) is 146 Å². The van der Waals surface area contributed by atoms with Crippen LogP contribution in [0.1, 0.15) is 34.4 Å². The fourth-order valence-electron chi connectivity index (χ4n) is 6.21. The Morgan fingerprint density at radius 3 is 1.86 bits per heavy atom. The fourth-order valence-corrected chi connectivity index (χ4v) is 6.21. The van der Waals surface area contributed by atoms with Crippen LogP contribution < -0.4 is 16.0 Å². The van der Waals surface area contributed by atoms with E-state index in [9.17, 15) is 19.5 Å². The number of nitrogens with zero attached hydrogens (tertiary/aromatic N) is 1. The summed E-state index contributed by atoms with van der Waals surface area (Å²) in [6.07, 6.45) is 3.31. The molecule has 0 fully saturated rings. The van der Waals surface area contributed by atoms with Crippen LogP contribution >= 0.6 is 0 Å². The highest BCUT2D eigenvalue weighted by Crippen LogP contribution is 2.37. The number of aromatic amines is 1. The molecule has 2 aromatic heterocycles. The first-order valence-corrected chi connectivity index (χ1v) is 16.1. The minimum atomic E-state index is -1.49. The number of hydrogen-bond donors (Lipinski definition) is 5. The van der Waals surface area contributed by atoms with E-state index in [0.717, 1.165) is 38.9 Å². The van der Waals surface area contributed by atoms with Crippen LogP contribution in [0.25, 0.3) is 10.9 Å². The number of rotatable bonds is 14. The van der Waals surface area contributed by atoms with Gasteiger partial charge in [-0.3, -0.25) is 19.9 Å². The summed E-state index contributed by atoms with van der Waals surface area (Å²) in [5.74, 6) is -2.40. The molecule has 0 saturated carbocycles. The third-order valence-corrected chi connectivity index (χ3v) is 8.62. The van der Waals surface area contributed by atoms with Gasteiger partial charge < -0.3 is 20.7 Å². The predicted molar refractivity (Wildman–Crippen MR) is 188 cm³/mol. The molecule has 0 aliphatic rings. The molecule has 246 valence electrons. The molecule has 5 N–H and O–H groups in total. The first-order chi connectivity index (χ1) is 23.9. The molecular weight excluding hydrogens is 614 g/mol. The molecule has 0 aliphatic carbocycles. The fraction of sp³-hybridized carbons (Fsp3) is 0.150. The molecule has 9 heteroatoms. The van der Waals surface area contributed by atoms with Crippen LogP contribution in [-0.2, 0) is 32.9 Å². The Labute approximate surface area is 284 Å². The Kier molecular flexibility index (Phi) is 10.2. The van der Waals surface area contributed by atoms with E-state index < -0.39 is 41.8 Å². The molecule has 2 atom stereocenters. The molecule has 0 saturated heterocycles. The second-order valence-corrected chi connectivity index (χ2v) is 11.8. The number of aliphatic carboxylic acids is 1. The smallest absolute Gasteiger partial charge is 0.326 e. The number of carboxylic acids is 1. The summed E-state index contributed by atoms with van der Waals surface area (Å²) in [7, 11) is 0. The van der Waals surface area contributed by atoms with Gasteiger partial charge >= 0.3 is 5.97 Å².